The van der Waals surface area contributed by atoms with Gasteiger partial charge in [-0.1, -0.05) is 24.2 Å². The van der Waals surface area contributed by atoms with Crippen LogP contribution in [0, 0.1) is 12.7 Å². The molecule has 178 valence electrons. The van der Waals surface area contributed by atoms with Crippen LogP contribution in [0.15, 0.2) is 47.6 Å². The summed E-state index contributed by atoms with van der Waals surface area (Å²) in [4.78, 5) is 20.9. The van der Waals surface area contributed by atoms with E-state index in [1.165, 1.54) is 35.6 Å². The summed E-state index contributed by atoms with van der Waals surface area (Å²) in [7, 11) is 0. The summed E-state index contributed by atoms with van der Waals surface area (Å²) >= 11 is 1.32. The number of halogens is 4. The Labute approximate surface area is 196 Å². The number of benzene rings is 2. The number of oxime groups is 1. The predicted octanol–water partition coefficient (Wildman–Crippen LogP) is 5.61. The fraction of sp³-hybridized carbons (Fsp3) is 0.261. The van der Waals surface area contributed by atoms with Gasteiger partial charge in [-0.25, -0.2) is 9.37 Å². The second-order valence-electron chi connectivity index (χ2n) is 7.45. The lowest BCUT2D eigenvalue weighted by molar-refractivity contribution is -0.137. The normalized spacial score (nSPS) is 16.4. The highest BCUT2D eigenvalue weighted by molar-refractivity contribution is 7.15. The van der Waals surface area contributed by atoms with Crippen LogP contribution in [0.25, 0.3) is 10.6 Å². The van der Waals surface area contributed by atoms with E-state index in [1.54, 1.807) is 13.0 Å². The number of aryl methyl sites for hydroxylation is 1. The van der Waals surface area contributed by atoms with Gasteiger partial charge < -0.3 is 14.9 Å². The Hall–Kier alpha value is -3.47. The van der Waals surface area contributed by atoms with Gasteiger partial charge in [-0.15, -0.1) is 11.3 Å². The summed E-state index contributed by atoms with van der Waals surface area (Å²) in [6.45, 7) is 3.70. The van der Waals surface area contributed by atoms with Crippen molar-refractivity contribution < 1.29 is 31.9 Å². The molecule has 2 unspecified atom stereocenters. The largest absolute Gasteiger partial charge is 0.485 e. The number of carbonyl (C=O) groups excluding carboxylic acids is 1. The number of hydrogen-bond acceptors (Lipinski definition) is 7. The average molecular weight is 493 g/mol. The molecule has 1 aliphatic heterocycles. The van der Waals surface area contributed by atoms with Crippen LogP contribution in [0.2, 0.25) is 0 Å². The molecule has 6 nitrogen and oxygen atoms in total. The first-order valence-electron chi connectivity index (χ1n) is 10.3. The Bertz CT molecular complexity index is 1230. The van der Waals surface area contributed by atoms with Gasteiger partial charge in [0.1, 0.15) is 22.7 Å². The van der Waals surface area contributed by atoms with E-state index in [9.17, 15) is 22.4 Å². The molecule has 0 fully saturated rings. The van der Waals surface area contributed by atoms with E-state index in [1.807, 2.05) is 6.92 Å². The molecule has 0 spiro atoms. The molecule has 0 saturated carbocycles. The maximum atomic E-state index is 14.7. The smallest absolute Gasteiger partial charge is 0.416 e. The van der Waals surface area contributed by atoms with Crippen molar-refractivity contribution in [3.8, 4) is 16.3 Å². The minimum atomic E-state index is -4.40. The molecule has 4 rings (SSSR count). The van der Waals surface area contributed by atoms with Crippen LogP contribution < -0.4 is 10.1 Å². The summed E-state index contributed by atoms with van der Waals surface area (Å²) < 4.78 is 59.2. The summed E-state index contributed by atoms with van der Waals surface area (Å²) in [5.41, 5.74) is 0.656. The van der Waals surface area contributed by atoms with E-state index in [0.29, 0.717) is 29.0 Å². The second kappa shape index (κ2) is 9.41. The molecular formula is C23H19F4N3O3S. The minimum Gasteiger partial charge on any atom is -0.485 e. The monoisotopic (exact) mass is 493 g/mol. The molecule has 1 aliphatic rings. The lowest BCUT2D eigenvalue weighted by atomic mass is 10.1. The fourth-order valence-electron chi connectivity index (χ4n) is 3.36. The van der Waals surface area contributed by atoms with Gasteiger partial charge in [0, 0.05) is 11.6 Å². The van der Waals surface area contributed by atoms with Crippen molar-refractivity contribution >= 4 is 23.5 Å². The Morgan fingerprint density at radius 1 is 1.24 bits per heavy atom. The van der Waals surface area contributed by atoms with Crippen molar-refractivity contribution in [1.82, 2.24) is 10.3 Å². The standard InChI is InChI=1S/C23H19F4N3O3S/c1-3-18(32-15-8-9-16(17(24)10-15)21-29-19(11-31)33-30-21)20-12(2)28-22(34-20)13-4-6-14(7-5-13)23(25,26)27/h4-11,18-19H,3H2,1-2H3,(H,29,30). The van der Waals surface area contributed by atoms with Crippen LogP contribution in [-0.2, 0) is 15.8 Å². The van der Waals surface area contributed by atoms with Gasteiger partial charge in [0.05, 0.1) is 21.7 Å². The zero-order valence-electron chi connectivity index (χ0n) is 18.0. The Morgan fingerprint density at radius 3 is 2.56 bits per heavy atom. The van der Waals surface area contributed by atoms with Crippen molar-refractivity contribution in [3.63, 3.8) is 0 Å². The highest BCUT2D eigenvalue weighted by Gasteiger charge is 2.30. The number of thiazole rings is 1. The highest BCUT2D eigenvalue weighted by atomic mass is 32.1. The van der Waals surface area contributed by atoms with Crippen molar-refractivity contribution in [2.45, 2.75) is 38.8 Å². The molecule has 0 amide bonds. The van der Waals surface area contributed by atoms with Crippen LogP contribution in [-0.4, -0.2) is 23.3 Å². The van der Waals surface area contributed by atoms with Gasteiger partial charge in [-0.05, 0) is 37.6 Å². The first-order valence-corrected chi connectivity index (χ1v) is 11.1. The molecule has 2 heterocycles. The van der Waals surface area contributed by atoms with Gasteiger partial charge >= 0.3 is 6.18 Å². The molecule has 11 heteroatoms. The van der Waals surface area contributed by atoms with E-state index < -0.39 is 29.9 Å². The highest BCUT2D eigenvalue weighted by Crippen LogP contribution is 2.37. The molecular weight excluding hydrogens is 474 g/mol. The number of rotatable bonds is 7. The topological polar surface area (TPSA) is 72.8 Å². The number of hydrogen-bond donors (Lipinski definition) is 1. The molecule has 2 aromatic carbocycles. The number of aromatic nitrogens is 1. The summed E-state index contributed by atoms with van der Waals surface area (Å²) in [6.07, 6.45) is -4.73. The van der Waals surface area contributed by atoms with Gasteiger partial charge in [0.25, 0.3) is 6.23 Å². The summed E-state index contributed by atoms with van der Waals surface area (Å²) in [5, 5.41) is 6.87. The SMILES string of the molecule is CCC(Oc1ccc(C2=NOC(C=O)N2)c(F)c1)c1sc(-c2ccc(C(F)(F)F)cc2)nc1C. The Morgan fingerprint density at radius 2 is 1.97 bits per heavy atom. The molecule has 1 N–H and O–H groups in total. The average Bonchev–Trinajstić information content (AvgIpc) is 3.44. The quantitative estimate of drug-likeness (QED) is 0.342. The van der Waals surface area contributed by atoms with Crippen molar-refractivity contribution in [1.29, 1.82) is 0 Å². The lowest BCUT2D eigenvalue weighted by Gasteiger charge is -2.17. The first kappa shape index (κ1) is 23.7. The predicted molar refractivity (Wildman–Crippen MR) is 118 cm³/mol. The number of nitrogens with zero attached hydrogens (tertiary/aromatic N) is 2. The maximum absolute atomic E-state index is 14.7. The molecule has 2 atom stereocenters. The van der Waals surface area contributed by atoms with Gasteiger partial charge in [0.15, 0.2) is 12.1 Å². The summed E-state index contributed by atoms with van der Waals surface area (Å²) in [5.74, 6) is -0.226. The molecule has 0 aliphatic carbocycles. The molecule has 1 aromatic heterocycles. The van der Waals surface area contributed by atoms with E-state index in [0.717, 1.165) is 17.0 Å². The number of alkyl halides is 3. The molecule has 34 heavy (non-hydrogen) atoms. The van der Waals surface area contributed by atoms with Crippen LogP contribution in [0.3, 0.4) is 0 Å². The molecule has 0 bridgehead atoms. The van der Waals surface area contributed by atoms with Gasteiger partial charge in [0.2, 0.25) is 0 Å². The third-order valence-corrected chi connectivity index (χ3v) is 6.39. The molecule has 0 saturated heterocycles. The zero-order valence-corrected chi connectivity index (χ0v) is 18.8. The van der Waals surface area contributed by atoms with Crippen LogP contribution in [0.4, 0.5) is 17.6 Å². The van der Waals surface area contributed by atoms with Crippen molar-refractivity contribution in [3.05, 3.63) is 70.0 Å². The molecule has 0 radical (unpaired) electrons. The lowest BCUT2D eigenvalue weighted by Crippen LogP contribution is -2.31. The molecule has 3 aromatic rings. The number of carbonyl (C=O) groups is 1. The number of ether oxygens (including phenoxy) is 1. The second-order valence-corrected chi connectivity index (χ2v) is 8.48. The van der Waals surface area contributed by atoms with Gasteiger partial charge in [-0.2, -0.15) is 13.2 Å². The Kier molecular flexibility index (Phi) is 6.56. The first-order chi connectivity index (χ1) is 16.2. The van der Waals surface area contributed by atoms with E-state index in [4.69, 9.17) is 9.57 Å². The number of aldehydes is 1. The van der Waals surface area contributed by atoms with Crippen LogP contribution >= 0.6 is 11.3 Å². The van der Waals surface area contributed by atoms with Gasteiger partial charge in [-0.3, -0.25) is 4.79 Å². The van der Waals surface area contributed by atoms with E-state index in [2.05, 4.69) is 15.5 Å². The van der Waals surface area contributed by atoms with Crippen LogP contribution in [0.1, 0.15) is 41.1 Å². The van der Waals surface area contributed by atoms with Crippen LogP contribution in [0.5, 0.6) is 5.75 Å². The summed E-state index contributed by atoms with van der Waals surface area (Å²) in [6, 6.07) is 9.08. The van der Waals surface area contributed by atoms with Crippen molar-refractivity contribution in [2.24, 2.45) is 5.16 Å². The maximum Gasteiger partial charge on any atom is 0.416 e. The van der Waals surface area contributed by atoms with E-state index in [-0.39, 0.29) is 17.1 Å². The number of amidine groups is 1. The minimum absolute atomic E-state index is 0.104. The third kappa shape index (κ3) is 4.89. The fourth-order valence-corrected chi connectivity index (χ4v) is 4.55. The zero-order chi connectivity index (χ0) is 24.5. The Balaban J connectivity index is 1.53. The third-order valence-electron chi connectivity index (χ3n) is 5.09. The van der Waals surface area contributed by atoms with E-state index >= 15 is 0 Å². The van der Waals surface area contributed by atoms with Crippen molar-refractivity contribution in [2.75, 3.05) is 0 Å². The number of nitrogens with one attached hydrogen (secondary N) is 1.